The highest BCUT2D eigenvalue weighted by Gasteiger charge is 2.52. The van der Waals surface area contributed by atoms with Crippen LogP contribution in [-0.4, -0.2) is 25.2 Å². The number of alkyl halides is 6. The number of hydrogen-bond donors (Lipinski definition) is 0. The summed E-state index contributed by atoms with van der Waals surface area (Å²) in [5.74, 6) is -1.31. The fraction of sp³-hybridized carbons (Fsp3) is 0.258. The molecule has 0 radical (unpaired) electrons. The Hall–Kier alpha value is -3.86. The van der Waals surface area contributed by atoms with Crippen LogP contribution in [0.25, 0.3) is 12.2 Å². The summed E-state index contributed by atoms with van der Waals surface area (Å²) >= 11 is 0. The molecule has 0 aliphatic carbocycles. The Morgan fingerprint density at radius 3 is 1.50 bits per heavy atom. The first-order chi connectivity index (χ1) is 19.6. The summed E-state index contributed by atoms with van der Waals surface area (Å²) in [6.07, 6.45) is -6.97. The summed E-state index contributed by atoms with van der Waals surface area (Å²) in [5.41, 5.74) is -2.39. The zero-order chi connectivity index (χ0) is 31.2. The number of halogens is 6. The van der Waals surface area contributed by atoms with Crippen molar-refractivity contribution in [1.29, 1.82) is 0 Å². The molecule has 0 bridgehead atoms. The molecule has 0 heterocycles. The second-order valence-corrected chi connectivity index (χ2v) is 12.0. The van der Waals surface area contributed by atoms with E-state index < -0.39 is 67.9 Å². The Kier molecular flexibility index (Phi) is 10.1. The van der Waals surface area contributed by atoms with Crippen LogP contribution >= 0.6 is 0 Å². The van der Waals surface area contributed by atoms with Gasteiger partial charge in [0.05, 0.1) is 22.1 Å². The molecule has 0 aliphatic heterocycles. The summed E-state index contributed by atoms with van der Waals surface area (Å²) in [6.45, 7) is 2.89. The van der Waals surface area contributed by atoms with Crippen molar-refractivity contribution in [2.24, 2.45) is 0 Å². The first-order valence-corrected chi connectivity index (χ1v) is 14.2. The number of benzene rings is 3. The van der Waals surface area contributed by atoms with Crippen molar-refractivity contribution >= 4 is 28.0 Å². The fourth-order valence-corrected chi connectivity index (χ4v) is 6.02. The first-order valence-electron chi connectivity index (χ1n) is 12.7. The quantitative estimate of drug-likeness (QED) is 0.171. The maximum atomic E-state index is 14.2. The van der Waals surface area contributed by atoms with Gasteiger partial charge in [-0.25, -0.2) is 8.42 Å². The molecule has 42 heavy (non-hydrogen) atoms. The second kappa shape index (κ2) is 13.0. The van der Waals surface area contributed by atoms with Crippen molar-refractivity contribution < 1.29 is 44.3 Å². The van der Waals surface area contributed by atoms with Gasteiger partial charge in [0, 0.05) is 0 Å². The molecule has 0 N–H and O–H groups in total. The van der Waals surface area contributed by atoms with Crippen LogP contribution < -0.4 is 0 Å². The number of esters is 1. The number of ether oxygens (including phenoxy) is 1. The number of carbonyl (C=O) groups excluding carboxylic acids is 1. The van der Waals surface area contributed by atoms with Gasteiger partial charge in [-0.05, 0) is 56.0 Å². The highest BCUT2D eigenvalue weighted by Crippen LogP contribution is 2.41. The normalized spacial score (nSPS) is 13.3. The molecule has 0 aliphatic rings. The third kappa shape index (κ3) is 7.90. The van der Waals surface area contributed by atoms with E-state index in [1.54, 1.807) is 60.7 Å². The van der Waals surface area contributed by atoms with Gasteiger partial charge in [0.15, 0.2) is 14.6 Å². The van der Waals surface area contributed by atoms with E-state index in [1.807, 2.05) is 0 Å². The van der Waals surface area contributed by atoms with Crippen LogP contribution in [0, 0.1) is 0 Å². The maximum Gasteiger partial charge on any atom is 0.416 e. The average molecular weight is 611 g/mol. The molecule has 3 aromatic carbocycles. The molecule has 0 unspecified atom stereocenters. The minimum absolute atomic E-state index is 0.115. The van der Waals surface area contributed by atoms with E-state index in [0.717, 1.165) is 0 Å². The van der Waals surface area contributed by atoms with Gasteiger partial charge in [0.2, 0.25) is 0 Å². The molecule has 0 atom stereocenters. The molecule has 3 aromatic rings. The number of carbonyl (C=O) groups is 1. The lowest BCUT2D eigenvalue weighted by molar-refractivity contribution is -0.150. The molecule has 0 amide bonds. The Morgan fingerprint density at radius 1 is 0.738 bits per heavy atom. The summed E-state index contributed by atoms with van der Waals surface area (Å²) in [5, 5.41) is 0. The van der Waals surface area contributed by atoms with E-state index in [1.165, 1.54) is 38.2 Å². The third-order valence-electron chi connectivity index (χ3n) is 6.22. The summed E-state index contributed by atoms with van der Waals surface area (Å²) < 4.78 is 113. The van der Waals surface area contributed by atoms with Crippen molar-refractivity contribution in [3.8, 4) is 0 Å². The Labute approximate surface area is 240 Å². The topological polar surface area (TPSA) is 60.4 Å². The molecular weight excluding hydrogens is 582 g/mol. The molecule has 0 saturated carbocycles. The molecule has 3 rings (SSSR count). The molecule has 4 nitrogen and oxygen atoms in total. The second-order valence-electron chi connectivity index (χ2n) is 9.73. The van der Waals surface area contributed by atoms with Gasteiger partial charge in [-0.3, -0.25) is 4.79 Å². The summed E-state index contributed by atoms with van der Waals surface area (Å²) in [6, 6.07) is 17.1. The molecule has 0 aromatic heterocycles. The lowest BCUT2D eigenvalue weighted by Crippen LogP contribution is -2.48. The van der Waals surface area contributed by atoms with Gasteiger partial charge < -0.3 is 4.74 Å². The van der Waals surface area contributed by atoms with Crippen LogP contribution in [-0.2, 0) is 31.7 Å². The fourth-order valence-electron chi connectivity index (χ4n) is 4.11. The van der Waals surface area contributed by atoms with Crippen LogP contribution in [0.3, 0.4) is 0 Å². The zero-order valence-electron chi connectivity index (χ0n) is 22.6. The van der Waals surface area contributed by atoms with Gasteiger partial charge in [0.25, 0.3) is 0 Å². The Bertz CT molecular complexity index is 1440. The Morgan fingerprint density at radius 2 is 1.14 bits per heavy atom. The highest BCUT2D eigenvalue weighted by molar-refractivity contribution is 7.93. The SMILES string of the molecule is CC(C)OC(=O)C(C/C=C/c1ccccc1)(C/C=C/c1ccccc1)S(=O)(=O)c1cc(C(F)(F)F)cc(C(F)(F)F)c1. The third-order valence-corrected chi connectivity index (χ3v) is 8.60. The maximum absolute atomic E-state index is 14.2. The summed E-state index contributed by atoms with van der Waals surface area (Å²) in [4.78, 5) is 12.3. The van der Waals surface area contributed by atoms with Crippen molar-refractivity contribution in [2.75, 3.05) is 0 Å². The predicted molar refractivity (Wildman–Crippen MR) is 148 cm³/mol. The predicted octanol–water partition coefficient (Wildman–Crippen LogP) is 8.40. The largest absolute Gasteiger partial charge is 0.462 e. The van der Waals surface area contributed by atoms with Gasteiger partial charge in [-0.2, -0.15) is 26.3 Å². The zero-order valence-corrected chi connectivity index (χ0v) is 23.4. The lowest BCUT2D eigenvalue weighted by Gasteiger charge is -2.31. The van der Waals surface area contributed by atoms with Gasteiger partial charge >= 0.3 is 18.3 Å². The number of allylic oxidation sites excluding steroid dienone is 2. The minimum Gasteiger partial charge on any atom is -0.462 e. The van der Waals surface area contributed by atoms with E-state index in [4.69, 9.17) is 4.74 Å². The molecular formula is C31H28F6O4S. The minimum atomic E-state index is -5.30. The van der Waals surface area contributed by atoms with Gasteiger partial charge in [-0.1, -0.05) is 85.0 Å². The standard InChI is InChI=1S/C31H28F6O4S/c1-22(2)41-28(38)29(17-9-15-23-11-5-3-6-12-23,18-10-16-24-13-7-4-8-14-24)42(39,40)27-20-25(30(32,33)34)19-26(21-27)31(35,36)37/h3-16,19-22H,17-18H2,1-2H3/b15-9+,16-10+. The smallest absolute Gasteiger partial charge is 0.416 e. The van der Waals surface area contributed by atoms with E-state index in [0.29, 0.717) is 11.1 Å². The van der Waals surface area contributed by atoms with E-state index in [-0.39, 0.29) is 18.2 Å². The van der Waals surface area contributed by atoms with Crippen molar-refractivity contribution in [3.05, 3.63) is 113 Å². The molecule has 0 spiro atoms. The number of hydrogen-bond acceptors (Lipinski definition) is 4. The van der Waals surface area contributed by atoms with Gasteiger partial charge in [0.1, 0.15) is 0 Å². The van der Waals surface area contributed by atoms with Crippen molar-refractivity contribution in [2.45, 2.75) is 54.8 Å². The molecule has 224 valence electrons. The lowest BCUT2D eigenvalue weighted by atomic mass is 9.98. The van der Waals surface area contributed by atoms with Gasteiger partial charge in [-0.15, -0.1) is 0 Å². The van der Waals surface area contributed by atoms with Crippen LogP contribution in [0.1, 0.15) is 48.9 Å². The van der Waals surface area contributed by atoms with Crippen LogP contribution in [0.2, 0.25) is 0 Å². The van der Waals surface area contributed by atoms with Crippen LogP contribution in [0.5, 0.6) is 0 Å². The average Bonchev–Trinajstić information content (AvgIpc) is 2.91. The van der Waals surface area contributed by atoms with Crippen molar-refractivity contribution in [1.82, 2.24) is 0 Å². The Balaban J connectivity index is 2.28. The summed E-state index contributed by atoms with van der Waals surface area (Å²) in [7, 11) is -5.26. The van der Waals surface area contributed by atoms with E-state index >= 15 is 0 Å². The molecule has 0 fully saturated rings. The first kappa shape index (κ1) is 32.7. The van der Waals surface area contributed by atoms with Crippen LogP contribution in [0.15, 0.2) is 95.9 Å². The number of sulfone groups is 1. The van der Waals surface area contributed by atoms with E-state index in [2.05, 4.69) is 0 Å². The monoisotopic (exact) mass is 610 g/mol. The van der Waals surface area contributed by atoms with E-state index in [9.17, 15) is 39.6 Å². The molecule has 11 heteroatoms. The highest BCUT2D eigenvalue weighted by atomic mass is 32.2. The van der Waals surface area contributed by atoms with Crippen LogP contribution in [0.4, 0.5) is 26.3 Å². The molecule has 0 saturated heterocycles. The number of rotatable bonds is 10. The van der Waals surface area contributed by atoms with Crippen molar-refractivity contribution in [3.63, 3.8) is 0 Å².